The summed E-state index contributed by atoms with van der Waals surface area (Å²) in [5.74, 6) is 0. The fourth-order valence-corrected chi connectivity index (χ4v) is 5.00. The van der Waals surface area contributed by atoms with Crippen LogP contribution in [0.15, 0.2) is 54.2 Å². The zero-order valence-corrected chi connectivity index (χ0v) is 17.6. The van der Waals surface area contributed by atoms with Crippen molar-refractivity contribution in [1.82, 2.24) is 24.5 Å². The first-order chi connectivity index (χ1) is 14.9. The molecule has 2 atom stereocenters. The quantitative estimate of drug-likeness (QED) is 0.402. The minimum absolute atomic E-state index is 0.0591. The Balaban J connectivity index is 1.57. The summed E-state index contributed by atoms with van der Waals surface area (Å²) >= 11 is 1.37. The summed E-state index contributed by atoms with van der Waals surface area (Å²) in [5.41, 5.74) is 1.48. The van der Waals surface area contributed by atoms with Gasteiger partial charge >= 0.3 is 6.18 Å². The highest BCUT2D eigenvalue weighted by Crippen LogP contribution is 2.39. The summed E-state index contributed by atoms with van der Waals surface area (Å²) in [4.78, 5) is 11.6. The van der Waals surface area contributed by atoms with Crippen LogP contribution in [0.2, 0.25) is 0 Å². The maximum Gasteiger partial charge on any atom is 0.433 e. The number of fused-ring (bicyclic) bond motifs is 1. The van der Waals surface area contributed by atoms with Gasteiger partial charge in [-0.05, 0) is 61.5 Å². The molecule has 160 valence electrons. The van der Waals surface area contributed by atoms with Crippen molar-refractivity contribution in [2.24, 2.45) is 0 Å². The number of pyridine rings is 1. The van der Waals surface area contributed by atoms with Crippen molar-refractivity contribution >= 4 is 17.0 Å². The smallest absolute Gasteiger partial charge is 0.288 e. The Morgan fingerprint density at radius 1 is 1.16 bits per heavy atom. The van der Waals surface area contributed by atoms with Crippen molar-refractivity contribution in [1.29, 1.82) is 0 Å². The number of thiophene rings is 1. The molecule has 0 amide bonds. The van der Waals surface area contributed by atoms with Crippen LogP contribution in [0.1, 0.15) is 48.8 Å². The average molecular weight is 443 g/mol. The minimum atomic E-state index is -4.53. The predicted octanol–water partition coefficient (Wildman–Crippen LogP) is 5.77. The lowest BCUT2D eigenvalue weighted by atomic mass is 10.1. The molecule has 0 N–H and O–H groups in total. The van der Waals surface area contributed by atoms with Gasteiger partial charge < -0.3 is 0 Å². The van der Waals surface area contributed by atoms with Gasteiger partial charge in [0.15, 0.2) is 11.3 Å². The van der Waals surface area contributed by atoms with E-state index in [1.165, 1.54) is 11.3 Å². The normalized spacial score (nSPS) is 18.6. The molecule has 1 aliphatic rings. The Labute approximate surface area is 181 Å². The third kappa shape index (κ3) is 3.72. The van der Waals surface area contributed by atoms with E-state index in [-0.39, 0.29) is 17.7 Å². The fourth-order valence-electron chi connectivity index (χ4n) is 4.31. The Morgan fingerprint density at radius 3 is 2.68 bits per heavy atom. The van der Waals surface area contributed by atoms with Crippen molar-refractivity contribution in [2.75, 3.05) is 6.54 Å². The molecule has 0 aliphatic carbocycles. The van der Waals surface area contributed by atoms with Gasteiger partial charge in [0, 0.05) is 24.5 Å². The van der Waals surface area contributed by atoms with Crippen molar-refractivity contribution in [3.05, 3.63) is 71.1 Å². The van der Waals surface area contributed by atoms with E-state index in [1.54, 1.807) is 30.6 Å². The summed E-state index contributed by atoms with van der Waals surface area (Å²) < 4.78 is 42.5. The van der Waals surface area contributed by atoms with Gasteiger partial charge in [0.05, 0.1) is 22.3 Å². The number of halogens is 3. The fraction of sp³-hybridized carbons (Fsp3) is 0.318. The molecule has 0 aromatic carbocycles. The lowest BCUT2D eigenvalue weighted by molar-refractivity contribution is -0.142. The van der Waals surface area contributed by atoms with Crippen LogP contribution in [0, 0.1) is 0 Å². The average Bonchev–Trinajstić information content (AvgIpc) is 3.52. The van der Waals surface area contributed by atoms with E-state index in [4.69, 9.17) is 0 Å². The number of likely N-dealkylation sites (tertiary alicyclic amines) is 1. The number of nitrogens with zero attached hydrogens (tertiary/aromatic N) is 5. The van der Waals surface area contributed by atoms with Crippen LogP contribution in [0.4, 0.5) is 13.2 Å². The lowest BCUT2D eigenvalue weighted by Crippen LogP contribution is -2.27. The molecule has 0 radical (unpaired) electrons. The third-order valence-electron chi connectivity index (χ3n) is 5.83. The van der Waals surface area contributed by atoms with Crippen molar-refractivity contribution in [2.45, 2.75) is 38.0 Å². The second-order valence-corrected chi connectivity index (χ2v) is 8.64. The van der Waals surface area contributed by atoms with Crippen LogP contribution in [0.5, 0.6) is 0 Å². The highest BCUT2D eigenvalue weighted by molar-refractivity contribution is 7.13. The Morgan fingerprint density at radius 2 is 1.97 bits per heavy atom. The van der Waals surface area contributed by atoms with Crippen LogP contribution in [0.25, 0.3) is 16.2 Å². The Kier molecular flexibility index (Phi) is 5.02. The van der Waals surface area contributed by atoms with Gasteiger partial charge in [-0.1, -0.05) is 6.07 Å². The molecular formula is C22H20F3N5S. The van der Waals surface area contributed by atoms with Crippen LogP contribution in [-0.4, -0.2) is 31.0 Å². The maximum atomic E-state index is 13.9. The molecule has 4 aromatic rings. The van der Waals surface area contributed by atoms with E-state index in [0.717, 1.165) is 35.5 Å². The summed E-state index contributed by atoms with van der Waals surface area (Å²) in [6.07, 6.45) is 0.795. The molecule has 4 aromatic heterocycles. The van der Waals surface area contributed by atoms with Crippen molar-refractivity contribution < 1.29 is 13.2 Å². The summed E-state index contributed by atoms with van der Waals surface area (Å²) in [6, 6.07) is 10.4. The molecular weight excluding hydrogens is 423 g/mol. The molecule has 5 nitrogen and oxygen atoms in total. The molecule has 0 saturated carbocycles. The predicted molar refractivity (Wildman–Crippen MR) is 113 cm³/mol. The van der Waals surface area contributed by atoms with E-state index in [1.807, 2.05) is 17.5 Å². The summed E-state index contributed by atoms with van der Waals surface area (Å²) in [5, 5.41) is 6.22. The SMILES string of the molecule is C[C@@H](c1ccncc1)N1CCC[C@@H]1c1cc2nc(-c3cccs3)cc(C(F)(F)F)n2n1. The monoisotopic (exact) mass is 443 g/mol. The first kappa shape index (κ1) is 20.1. The van der Waals surface area contributed by atoms with Crippen LogP contribution < -0.4 is 0 Å². The van der Waals surface area contributed by atoms with Crippen molar-refractivity contribution in [3.8, 4) is 10.6 Å². The molecule has 0 bridgehead atoms. The summed E-state index contributed by atoms with van der Waals surface area (Å²) in [6.45, 7) is 2.97. The molecule has 0 unspecified atom stereocenters. The van der Waals surface area contributed by atoms with Gasteiger partial charge in [-0.25, -0.2) is 9.50 Å². The van der Waals surface area contributed by atoms with E-state index >= 15 is 0 Å². The third-order valence-corrected chi connectivity index (χ3v) is 6.72. The number of rotatable bonds is 4. The molecule has 9 heteroatoms. The molecule has 1 fully saturated rings. The standard InChI is InChI=1S/C22H20F3N5S/c1-14(15-6-8-26-9-7-15)29-10-2-4-18(29)16-13-21-27-17(19-5-3-11-31-19)12-20(22(23,24)25)30(21)28-16/h3,5-9,11-14,18H,2,4,10H2,1H3/t14-,18+/m0/s1. The van der Waals surface area contributed by atoms with Gasteiger partial charge in [-0.3, -0.25) is 9.88 Å². The van der Waals surface area contributed by atoms with Crippen LogP contribution >= 0.6 is 11.3 Å². The van der Waals surface area contributed by atoms with E-state index in [2.05, 4.69) is 26.9 Å². The highest BCUT2D eigenvalue weighted by atomic mass is 32.1. The van der Waals surface area contributed by atoms with Gasteiger partial charge in [0.25, 0.3) is 0 Å². The Bertz CT molecular complexity index is 1190. The lowest BCUT2D eigenvalue weighted by Gasteiger charge is -2.30. The number of hydrogen-bond donors (Lipinski definition) is 0. The maximum absolute atomic E-state index is 13.9. The Hall–Kier alpha value is -2.78. The second-order valence-electron chi connectivity index (χ2n) is 7.69. The van der Waals surface area contributed by atoms with Gasteiger partial charge in [0.1, 0.15) is 0 Å². The van der Waals surface area contributed by atoms with Crippen LogP contribution in [0.3, 0.4) is 0 Å². The van der Waals surface area contributed by atoms with Crippen LogP contribution in [-0.2, 0) is 6.18 Å². The summed E-state index contributed by atoms with van der Waals surface area (Å²) in [7, 11) is 0. The van der Waals surface area contributed by atoms with Gasteiger partial charge in [-0.15, -0.1) is 11.3 Å². The first-order valence-electron chi connectivity index (χ1n) is 10.1. The number of alkyl halides is 3. The van der Waals surface area contributed by atoms with Crippen molar-refractivity contribution in [3.63, 3.8) is 0 Å². The van der Waals surface area contributed by atoms with E-state index < -0.39 is 11.9 Å². The molecule has 5 rings (SSSR count). The van der Waals surface area contributed by atoms with E-state index in [9.17, 15) is 13.2 Å². The first-order valence-corrected chi connectivity index (χ1v) is 11.0. The van der Waals surface area contributed by atoms with Gasteiger partial charge in [-0.2, -0.15) is 18.3 Å². The molecule has 31 heavy (non-hydrogen) atoms. The molecule has 5 heterocycles. The number of aromatic nitrogens is 4. The van der Waals surface area contributed by atoms with E-state index in [0.29, 0.717) is 16.3 Å². The largest absolute Gasteiger partial charge is 0.433 e. The zero-order chi connectivity index (χ0) is 21.6. The number of hydrogen-bond acceptors (Lipinski definition) is 5. The zero-order valence-electron chi connectivity index (χ0n) is 16.8. The molecule has 1 aliphatic heterocycles. The highest BCUT2D eigenvalue weighted by Gasteiger charge is 2.37. The molecule has 0 spiro atoms. The van der Waals surface area contributed by atoms with Gasteiger partial charge in [0.2, 0.25) is 0 Å². The molecule has 1 saturated heterocycles. The topological polar surface area (TPSA) is 46.3 Å². The second kappa shape index (κ2) is 7.72. The minimum Gasteiger partial charge on any atom is -0.288 e.